The van der Waals surface area contributed by atoms with Gasteiger partial charge in [0.1, 0.15) is 6.61 Å². The van der Waals surface area contributed by atoms with Crippen LogP contribution in [-0.2, 0) is 20.3 Å². The van der Waals surface area contributed by atoms with Gasteiger partial charge in [0, 0.05) is 13.1 Å². The number of nitrogens with zero attached hydrogens (tertiary/aromatic N) is 4. The van der Waals surface area contributed by atoms with Crippen LogP contribution in [0.15, 0.2) is 30.3 Å². The highest BCUT2D eigenvalue weighted by Gasteiger charge is 2.21. The molecular formula is C16H24N4OS. The highest BCUT2D eigenvalue weighted by atomic mass is 32.1. The lowest BCUT2D eigenvalue weighted by Gasteiger charge is -2.31. The molecule has 0 aliphatic heterocycles. The fourth-order valence-electron chi connectivity index (χ4n) is 2.86. The van der Waals surface area contributed by atoms with Crippen molar-refractivity contribution in [3.63, 3.8) is 0 Å². The van der Waals surface area contributed by atoms with E-state index in [1.54, 1.807) is 9.25 Å². The zero-order valence-electron chi connectivity index (χ0n) is 13.6. The minimum atomic E-state index is -0.108. The summed E-state index contributed by atoms with van der Waals surface area (Å²) in [5.74, 6) is 1.04. The van der Waals surface area contributed by atoms with Gasteiger partial charge < -0.3 is 9.67 Å². The lowest BCUT2D eigenvalue weighted by Crippen LogP contribution is -2.31. The summed E-state index contributed by atoms with van der Waals surface area (Å²) in [6.45, 7) is 4.91. The first-order valence-corrected chi connectivity index (χ1v) is 7.85. The summed E-state index contributed by atoms with van der Waals surface area (Å²) < 4.78 is 4.13. The van der Waals surface area contributed by atoms with Gasteiger partial charge in [-0.15, -0.1) is 0 Å². The Morgan fingerprint density at radius 1 is 1.27 bits per heavy atom. The molecule has 22 heavy (non-hydrogen) atoms. The molecule has 0 radical (unpaired) electrons. The van der Waals surface area contributed by atoms with Crippen molar-refractivity contribution in [3.8, 4) is 0 Å². The summed E-state index contributed by atoms with van der Waals surface area (Å²) in [5.41, 5.74) is 1.28. The van der Waals surface area contributed by atoms with Crippen LogP contribution in [0.4, 0.5) is 0 Å². The van der Waals surface area contributed by atoms with Crippen LogP contribution in [0, 0.1) is 10.7 Å². The number of benzene rings is 1. The first-order chi connectivity index (χ1) is 10.5. The Kier molecular flexibility index (Phi) is 5.50. The maximum Gasteiger partial charge on any atom is 0.198 e. The fraction of sp³-hybridized carbons (Fsp3) is 0.500. The van der Waals surface area contributed by atoms with Gasteiger partial charge in [0.25, 0.3) is 0 Å². The molecule has 1 aromatic heterocycles. The van der Waals surface area contributed by atoms with Crippen LogP contribution in [0.2, 0.25) is 0 Å². The summed E-state index contributed by atoms with van der Waals surface area (Å²) in [6, 6.07) is 10.7. The number of aromatic nitrogens is 3. The number of aliphatic hydroxyl groups excluding tert-OH is 1. The molecule has 1 atom stereocenters. The molecule has 120 valence electrons. The van der Waals surface area contributed by atoms with Crippen LogP contribution >= 0.6 is 12.2 Å². The van der Waals surface area contributed by atoms with Crippen LogP contribution in [0.3, 0.4) is 0 Å². The molecule has 1 unspecified atom stereocenters. The van der Waals surface area contributed by atoms with E-state index < -0.39 is 0 Å². The van der Waals surface area contributed by atoms with Gasteiger partial charge in [-0.3, -0.25) is 4.90 Å². The molecule has 0 aliphatic rings. The lowest BCUT2D eigenvalue weighted by molar-refractivity contribution is 0.143. The topological polar surface area (TPSA) is 46.2 Å². The Hall–Kier alpha value is -1.50. The third-order valence-corrected chi connectivity index (χ3v) is 4.36. The van der Waals surface area contributed by atoms with Crippen molar-refractivity contribution in [2.24, 2.45) is 13.0 Å². The summed E-state index contributed by atoms with van der Waals surface area (Å²) in [5, 5.41) is 13.7. The predicted molar refractivity (Wildman–Crippen MR) is 89.7 cm³/mol. The smallest absolute Gasteiger partial charge is 0.198 e. The van der Waals surface area contributed by atoms with Crippen molar-refractivity contribution in [3.05, 3.63) is 46.5 Å². The van der Waals surface area contributed by atoms with E-state index >= 15 is 0 Å². The number of rotatable bonds is 6. The summed E-state index contributed by atoms with van der Waals surface area (Å²) in [7, 11) is 3.90. The normalized spacial score (nSPS) is 13.0. The van der Waals surface area contributed by atoms with Crippen LogP contribution in [0.5, 0.6) is 0 Å². The average Bonchev–Trinajstić information content (AvgIpc) is 2.76. The molecule has 0 aliphatic carbocycles. The van der Waals surface area contributed by atoms with E-state index in [1.807, 2.05) is 13.1 Å². The Balaban J connectivity index is 2.26. The predicted octanol–water partition coefficient (Wildman–Crippen LogP) is 2.73. The SMILES string of the molecule is CC(C)C(c1ccccc1)N(C)Cn1nc(CO)n(C)c1=S. The molecule has 6 heteroatoms. The maximum atomic E-state index is 9.31. The van der Waals surface area contributed by atoms with Gasteiger partial charge in [-0.2, -0.15) is 5.10 Å². The Bertz CT molecular complexity index is 663. The van der Waals surface area contributed by atoms with E-state index in [4.69, 9.17) is 12.2 Å². The second-order valence-electron chi connectivity index (χ2n) is 5.91. The van der Waals surface area contributed by atoms with E-state index in [9.17, 15) is 5.11 Å². The van der Waals surface area contributed by atoms with E-state index in [1.165, 1.54) is 5.56 Å². The summed E-state index contributed by atoms with van der Waals surface area (Å²) in [4.78, 5) is 2.24. The molecule has 0 bridgehead atoms. The first kappa shape index (κ1) is 16.9. The second kappa shape index (κ2) is 7.17. The third-order valence-electron chi connectivity index (χ3n) is 3.88. The molecule has 5 nitrogen and oxygen atoms in total. The van der Waals surface area contributed by atoms with Gasteiger partial charge in [-0.25, -0.2) is 4.68 Å². The zero-order chi connectivity index (χ0) is 16.3. The zero-order valence-corrected chi connectivity index (χ0v) is 14.4. The van der Waals surface area contributed by atoms with Gasteiger partial charge in [-0.1, -0.05) is 44.2 Å². The van der Waals surface area contributed by atoms with Gasteiger partial charge in [0.2, 0.25) is 0 Å². The fourth-order valence-corrected chi connectivity index (χ4v) is 3.06. The first-order valence-electron chi connectivity index (χ1n) is 7.44. The second-order valence-corrected chi connectivity index (χ2v) is 6.28. The molecule has 0 fully saturated rings. The number of hydrogen-bond donors (Lipinski definition) is 1. The lowest BCUT2D eigenvalue weighted by atomic mass is 9.95. The largest absolute Gasteiger partial charge is 0.388 e. The molecule has 0 saturated heterocycles. The van der Waals surface area contributed by atoms with Crippen molar-refractivity contribution in [1.82, 2.24) is 19.2 Å². The molecule has 0 saturated carbocycles. The van der Waals surface area contributed by atoms with Crippen molar-refractivity contribution in [2.75, 3.05) is 7.05 Å². The standard InChI is InChI=1S/C16H24N4OS/c1-12(2)15(13-8-6-5-7-9-13)18(3)11-20-16(22)19(4)14(10-21)17-20/h5-9,12,15,21H,10-11H2,1-4H3. The molecular weight excluding hydrogens is 296 g/mol. The van der Waals surface area contributed by atoms with E-state index in [0.29, 0.717) is 23.2 Å². The molecule has 1 aromatic carbocycles. The number of hydrogen-bond acceptors (Lipinski definition) is 4. The molecule has 1 heterocycles. The Labute approximate surface area is 136 Å². The van der Waals surface area contributed by atoms with Crippen molar-refractivity contribution in [1.29, 1.82) is 0 Å². The Morgan fingerprint density at radius 2 is 1.91 bits per heavy atom. The third kappa shape index (κ3) is 3.45. The Morgan fingerprint density at radius 3 is 2.41 bits per heavy atom. The highest BCUT2D eigenvalue weighted by molar-refractivity contribution is 7.71. The average molecular weight is 320 g/mol. The van der Waals surface area contributed by atoms with Crippen molar-refractivity contribution in [2.45, 2.75) is 33.2 Å². The van der Waals surface area contributed by atoms with E-state index in [0.717, 1.165) is 0 Å². The molecule has 0 amide bonds. The van der Waals surface area contributed by atoms with Crippen LogP contribution < -0.4 is 0 Å². The maximum absolute atomic E-state index is 9.31. The van der Waals surface area contributed by atoms with Gasteiger partial charge in [0.15, 0.2) is 10.6 Å². The van der Waals surface area contributed by atoms with Gasteiger partial charge in [0.05, 0.1) is 6.67 Å². The van der Waals surface area contributed by atoms with Crippen LogP contribution in [-0.4, -0.2) is 31.4 Å². The molecule has 2 rings (SSSR count). The monoisotopic (exact) mass is 320 g/mol. The van der Waals surface area contributed by atoms with E-state index in [-0.39, 0.29) is 12.6 Å². The molecule has 0 spiro atoms. The highest BCUT2D eigenvalue weighted by Crippen LogP contribution is 2.27. The van der Waals surface area contributed by atoms with Crippen molar-refractivity contribution < 1.29 is 5.11 Å². The molecule has 2 aromatic rings. The number of aliphatic hydroxyl groups is 1. The summed E-state index contributed by atoms with van der Waals surface area (Å²) >= 11 is 5.39. The summed E-state index contributed by atoms with van der Waals surface area (Å²) in [6.07, 6.45) is 0. The molecule has 1 N–H and O–H groups in total. The minimum absolute atomic E-state index is 0.108. The quantitative estimate of drug-likeness (QED) is 0.831. The van der Waals surface area contributed by atoms with Crippen LogP contribution in [0.1, 0.15) is 31.3 Å². The minimum Gasteiger partial charge on any atom is -0.388 e. The van der Waals surface area contributed by atoms with E-state index in [2.05, 4.69) is 55.2 Å². The van der Waals surface area contributed by atoms with Gasteiger partial charge >= 0.3 is 0 Å². The van der Waals surface area contributed by atoms with Crippen molar-refractivity contribution >= 4 is 12.2 Å². The van der Waals surface area contributed by atoms with Gasteiger partial charge in [-0.05, 0) is 30.7 Å². The van der Waals surface area contributed by atoms with Crippen LogP contribution in [0.25, 0.3) is 0 Å².